The fraction of sp³-hybridized carbons (Fsp3) is 0.556. The Kier molecular flexibility index (Phi) is 6.14. The zero-order valence-corrected chi connectivity index (χ0v) is 19.9. The Morgan fingerprint density at radius 2 is 1.94 bits per heavy atom. The lowest BCUT2D eigenvalue weighted by Gasteiger charge is -2.45. The Bertz CT molecular complexity index is 1170. The van der Waals surface area contributed by atoms with Crippen LogP contribution in [0.25, 0.3) is 10.9 Å². The van der Waals surface area contributed by atoms with E-state index in [1.807, 2.05) is 24.7 Å². The molecule has 1 aliphatic carbocycles. The lowest BCUT2D eigenvalue weighted by molar-refractivity contribution is -0.0494. The summed E-state index contributed by atoms with van der Waals surface area (Å²) in [6.07, 6.45) is 12.2. The second-order valence-electron chi connectivity index (χ2n) is 10.1. The molecular formula is C27H36N4O2. The SMILES string of the molecule is CCc1cc2cc(C(C3CCCCC3)N3CCC(O)(c4cncn4C)CC3)ccc2[nH]c1=O. The van der Waals surface area contributed by atoms with Gasteiger partial charge in [0.25, 0.3) is 5.56 Å². The molecule has 6 heteroatoms. The first-order chi connectivity index (χ1) is 16.0. The molecule has 1 saturated heterocycles. The van der Waals surface area contributed by atoms with Gasteiger partial charge < -0.3 is 14.7 Å². The minimum atomic E-state index is -0.808. The first kappa shape index (κ1) is 22.4. The van der Waals surface area contributed by atoms with E-state index in [4.69, 9.17) is 0 Å². The predicted octanol–water partition coefficient (Wildman–Crippen LogP) is 4.43. The molecular weight excluding hydrogens is 412 g/mol. The Balaban J connectivity index is 1.46. The zero-order valence-electron chi connectivity index (χ0n) is 19.9. The summed E-state index contributed by atoms with van der Waals surface area (Å²) in [6, 6.07) is 9.00. The zero-order chi connectivity index (χ0) is 23.0. The molecule has 0 spiro atoms. The Morgan fingerprint density at radius 3 is 2.61 bits per heavy atom. The standard InChI is InChI=1S/C27H36N4O2/c1-3-19-15-22-16-21(9-10-23(22)29-26(19)32)25(20-7-5-4-6-8-20)31-13-11-27(33,12-14-31)24-17-28-18-30(24)2/h9-10,15-18,20,25,33H,3-8,11-14H2,1-2H3,(H,29,32). The van der Waals surface area contributed by atoms with Gasteiger partial charge in [0.05, 0.1) is 18.2 Å². The van der Waals surface area contributed by atoms with Crippen LogP contribution >= 0.6 is 0 Å². The van der Waals surface area contributed by atoms with Crippen molar-refractivity contribution in [3.05, 3.63) is 64.0 Å². The largest absolute Gasteiger partial charge is 0.383 e. The van der Waals surface area contributed by atoms with Crippen LogP contribution in [0.15, 0.2) is 41.6 Å². The van der Waals surface area contributed by atoms with Crippen molar-refractivity contribution in [2.45, 2.75) is 69.9 Å². The number of benzene rings is 1. The van der Waals surface area contributed by atoms with Crippen LogP contribution in [0.1, 0.15) is 74.7 Å². The summed E-state index contributed by atoms with van der Waals surface area (Å²) >= 11 is 0. The third-order valence-corrected chi connectivity index (χ3v) is 8.08. The van der Waals surface area contributed by atoms with Crippen LogP contribution in [0.2, 0.25) is 0 Å². The van der Waals surface area contributed by atoms with Crippen LogP contribution < -0.4 is 5.56 Å². The van der Waals surface area contributed by atoms with Crippen LogP contribution in [0.4, 0.5) is 0 Å². The Morgan fingerprint density at radius 1 is 1.18 bits per heavy atom. The van der Waals surface area contributed by atoms with Crippen molar-refractivity contribution in [2.75, 3.05) is 13.1 Å². The number of aliphatic hydroxyl groups is 1. The predicted molar refractivity (Wildman–Crippen MR) is 131 cm³/mol. The number of pyridine rings is 1. The highest BCUT2D eigenvalue weighted by atomic mass is 16.3. The average molecular weight is 449 g/mol. The summed E-state index contributed by atoms with van der Waals surface area (Å²) in [5.41, 5.74) is 3.22. The quantitative estimate of drug-likeness (QED) is 0.606. The molecule has 1 unspecified atom stereocenters. The number of piperidine rings is 1. The van der Waals surface area contributed by atoms with Gasteiger partial charge in [-0.25, -0.2) is 4.98 Å². The first-order valence-corrected chi connectivity index (χ1v) is 12.6. The Hall–Kier alpha value is -2.44. The summed E-state index contributed by atoms with van der Waals surface area (Å²) in [5, 5.41) is 12.5. The van der Waals surface area contributed by atoms with Crippen molar-refractivity contribution in [3.63, 3.8) is 0 Å². The minimum absolute atomic E-state index is 0.0204. The fourth-order valence-electron chi connectivity index (χ4n) is 6.18. The molecule has 2 aromatic heterocycles. The van der Waals surface area contributed by atoms with Gasteiger partial charge in [-0.3, -0.25) is 9.69 Å². The number of likely N-dealkylation sites (tertiary alicyclic amines) is 1. The van der Waals surface area contributed by atoms with Gasteiger partial charge in [-0.2, -0.15) is 0 Å². The first-order valence-electron chi connectivity index (χ1n) is 12.6. The minimum Gasteiger partial charge on any atom is -0.383 e. The summed E-state index contributed by atoms with van der Waals surface area (Å²) < 4.78 is 1.95. The summed E-state index contributed by atoms with van der Waals surface area (Å²) in [4.78, 5) is 22.2. The second-order valence-corrected chi connectivity index (χ2v) is 10.1. The molecule has 33 heavy (non-hydrogen) atoms. The van der Waals surface area contributed by atoms with Crippen molar-refractivity contribution >= 4 is 10.9 Å². The number of hydrogen-bond acceptors (Lipinski definition) is 4. The number of imidazole rings is 1. The van der Waals surface area contributed by atoms with Gasteiger partial charge in [0.15, 0.2) is 0 Å². The lowest BCUT2D eigenvalue weighted by atomic mass is 9.78. The van der Waals surface area contributed by atoms with Crippen LogP contribution in [0, 0.1) is 5.92 Å². The van der Waals surface area contributed by atoms with E-state index >= 15 is 0 Å². The number of hydrogen-bond donors (Lipinski definition) is 2. The molecule has 0 amide bonds. The maximum absolute atomic E-state index is 12.3. The summed E-state index contributed by atoms with van der Waals surface area (Å²) in [6.45, 7) is 3.77. The fourth-order valence-corrected chi connectivity index (χ4v) is 6.18. The second kappa shape index (κ2) is 9.07. The van der Waals surface area contributed by atoms with E-state index in [0.717, 1.165) is 54.5 Å². The molecule has 1 aliphatic heterocycles. The molecule has 2 aliphatic rings. The number of aromatic amines is 1. The topological polar surface area (TPSA) is 74.2 Å². The van der Waals surface area contributed by atoms with Gasteiger partial charge in [-0.1, -0.05) is 32.3 Å². The third kappa shape index (κ3) is 4.26. The highest BCUT2D eigenvalue weighted by molar-refractivity contribution is 5.79. The highest BCUT2D eigenvalue weighted by Gasteiger charge is 2.40. The number of nitrogens with zero attached hydrogens (tertiary/aromatic N) is 3. The van der Waals surface area contributed by atoms with Crippen molar-refractivity contribution in [1.82, 2.24) is 19.4 Å². The summed E-state index contributed by atoms with van der Waals surface area (Å²) in [5.74, 6) is 0.632. The molecule has 0 bridgehead atoms. The molecule has 3 aromatic rings. The highest BCUT2D eigenvalue weighted by Crippen LogP contribution is 2.42. The maximum atomic E-state index is 12.3. The third-order valence-electron chi connectivity index (χ3n) is 8.08. The summed E-state index contributed by atoms with van der Waals surface area (Å²) in [7, 11) is 1.96. The molecule has 5 rings (SSSR count). The van der Waals surface area contributed by atoms with Crippen molar-refractivity contribution < 1.29 is 5.11 Å². The van der Waals surface area contributed by atoms with Gasteiger partial charge in [-0.05, 0) is 67.2 Å². The van der Waals surface area contributed by atoms with Gasteiger partial charge in [-0.15, -0.1) is 0 Å². The Labute approximate surface area is 195 Å². The van der Waals surface area contributed by atoms with E-state index in [1.54, 1.807) is 6.33 Å². The van der Waals surface area contributed by atoms with Crippen molar-refractivity contribution in [2.24, 2.45) is 13.0 Å². The number of nitrogens with one attached hydrogen (secondary N) is 1. The molecule has 176 valence electrons. The van der Waals surface area contributed by atoms with E-state index < -0.39 is 5.60 Å². The van der Waals surface area contributed by atoms with E-state index in [0.29, 0.717) is 12.0 Å². The van der Waals surface area contributed by atoms with E-state index in [9.17, 15) is 9.90 Å². The molecule has 2 N–H and O–H groups in total. The maximum Gasteiger partial charge on any atom is 0.251 e. The van der Waals surface area contributed by atoms with Gasteiger partial charge in [0.2, 0.25) is 0 Å². The smallest absolute Gasteiger partial charge is 0.251 e. The number of fused-ring (bicyclic) bond motifs is 1. The van der Waals surface area contributed by atoms with Crippen molar-refractivity contribution in [3.8, 4) is 0 Å². The molecule has 1 aromatic carbocycles. The molecule has 0 radical (unpaired) electrons. The molecule has 1 saturated carbocycles. The molecule has 2 fully saturated rings. The normalized spacial score (nSPS) is 20.8. The van der Waals surface area contributed by atoms with Crippen molar-refractivity contribution in [1.29, 1.82) is 0 Å². The van der Waals surface area contributed by atoms with Gasteiger partial charge >= 0.3 is 0 Å². The van der Waals surface area contributed by atoms with Gasteiger partial charge in [0.1, 0.15) is 5.60 Å². The van der Waals surface area contributed by atoms with E-state index in [2.05, 4.69) is 39.1 Å². The monoisotopic (exact) mass is 448 g/mol. The van der Waals surface area contributed by atoms with Crippen LogP contribution in [-0.2, 0) is 19.1 Å². The van der Waals surface area contributed by atoms with Crippen LogP contribution in [0.5, 0.6) is 0 Å². The van der Waals surface area contributed by atoms with E-state index in [1.165, 1.54) is 37.7 Å². The average Bonchev–Trinajstić information content (AvgIpc) is 3.28. The van der Waals surface area contributed by atoms with Gasteiger partial charge in [0, 0.05) is 37.3 Å². The van der Waals surface area contributed by atoms with Crippen LogP contribution in [0.3, 0.4) is 0 Å². The number of aryl methyl sites for hydroxylation is 2. The molecule has 1 atom stereocenters. The van der Waals surface area contributed by atoms with E-state index in [-0.39, 0.29) is 5.56 Å². The van der Waals surface area contributed by atoms with Crippen LogP contribution in [-0.4, -0.2) is 37.6 Å². The lowest BCUT2D eigenvalue weighted by Crippen LogP contribution is -2.46. The molecule has 3 heterocycles. The number of rotatable bonds is 5. The number of H-pyrrole nitrogens is 1. The number of aromatic nitrogens is 3. The molecule has 6 nitrogen and oxygen atoms in total.